The molecular formula is C67H121NO10. The Hall–Kier alpha value is -2.64. The van der Waals surface area contributed by atoms with Crippen LogP contribution in [-0.4, -0.2) is 99.6 Å². The van der Waals surface area contributed by atoms with Crippen LogP contribution in [0.5, 0.6) is 0 Å². The van der Waals surface area contributed by atoms with Gasteiger partial charge in [0, 0.05) is 6.42 Å². The maximum atomic E-state index is 13.4. The Labute approximate surface area is 478 Å². The van der Waals surface area contributed by atoms with E-state index in [1.807, 2.05) is 6.08 Å². The van der Waals surface area contributed by atoms with E-state index >= 15 is 0 Å². The Bertz CT molecular complexity index is 1500. The van der Waals surface area contributed by atoms with Gasteiger partial charge in [-0.15, -0.1) is 0 Å². The number of aliphatic hydroxyl groups is 5. The zero-order valence-corrected chi connectivity index (χ0v) is 50.3. The lowest BCUT2D eigenvalue weighted by Gasteiger charge is -2.41. The molecule has 454 valence electrons. The monoisotopic (exact) mass is 1100 g/mol. The molecule has 0 aromatic carbocycles. The molecule has 1 rings (SSSR count). The van der Waals surface area contributed by atoms with Gasteiger partial charge in [-0.1, -0.05) is 274 Å². The molecule has 8 unspecified atom stereocenters. The number of ether oxygens (including phenoxy) is 3. The second kappa shape index (κ2) is 54.9. The number of nitrogens with one attached hydrogen (secondary N) is 1. The molecule has 1 aliphatic heterocycles. The van der Waals surface area contributed by atoms with E-state index in [1.54, 1.807) is 6.08 Å². The van der Waals surface area contributed by atoms with E-state index in [4.69, 9.17) is 14.2 Å². The highest BCUT2D eigenvalue weighted by molar-refractivity contribution is 5.80. The summed E-state index contributed by atoms with van der Waals surface area (Å²) < 4.78 is 17.6. The Morgan fingerprint density at radius 2 is 0.885 bits per heavy atom. The second-order valence-corrected chi connectivity index (χ2v) is 22.5. The summed E-state index contributed by atoms with van der Waals surface area (Å²) in [6.45, 7) is 5.75. The average molecular weight is 1100 g/mol. The van der Waals surface area contributed by atoms with Gasteiger partial charge in [-0.2, -0.15) is 0 Å². The van der Waals surface area contributed by atoms with Crippen LogP contribution < -0.4 is 5.32 Å². The van der Waals surface area contributed by atoms with Crippen molar-refractivity contribution in [3.8, 4) is 0 Å². The van der Waals surface area contributed by atoms with Crippen molar-refractivity contribution in [2.24, 2.45) is 0 Å². The SMILES string of the molecule is CCCCC/C=C\C/C=C\C/C=C\C/C=C\CCCCCCCCCCCCC(O)C(=O)NC(COC1OC(CO)C(O)C(O)C1OC(=O)CCCCCCCCCCCCC)C(O)/C=C/CCCCCCCCCCCC. The highest BCUT2D eigenvalue weighted by Crippen LogP contribution is 2.26. The lowest BCUT2D eigenvalue weighted by Crippen LogP contribution is -2.61. The van der Waals surface area contributed by atoms with Gasteiger partial charge in [-0.3, -0.25) is 9.59 Å². The summed E-state index contributed by atoms with van der Waals surface area (Å²) in [6.07, 6.45) is 58.4. The molecule has 1 aliphatic rings. The summed E-state index contributed by atoms with van der Waals surface area (Å²) in [4.78, 5) is 26.5. The standard InChI is InChI=1S/C67H121NO10/c1-4-7-10-13-16-19-22-24-25-26-27-28-29-30-31-32-33-34-35-36-37-40-42-45-48-51-54-60(71)66(75)68-58(59(70)53-50-47-44-41-39-23-20-17-14-11-8-5-2)57-76-67-65(64(74)63(73)61(56-69)77-67)78-62(72)55-52-49-46-43-38-21-18-15-12-9-6-3/h16,19,24-25,27-28,30-31,50,53,58-61,63-65,67,69-71,73-74H,4-15,17-18,20-23,26,29,32-49,51-52,54-57H2,1-3H3,(H,68,75)/b19-16-,25-24-,28-27-,31-30-,53-50+. The fourth-order valence-corrected chi connectivity index (χ4v) is 9.99. The molecule has 11 nitrogen and oxygen atoms in total. The Morgan fingerprint density at radius 3 is 1.35 bits per heavy atom. The van der Waals surface area contributed by atoms with Crippen molar-refractivity contribution in [3.63, 3.8) is 0 Å². The molecule has 8 atom stereocenters. The normalized spacial score (nSPS) is 19.3. The number of amides is 1. The van der Waals surface area contributed by atoms with Gasteiger partial charge < -0.3 is 45.1 Å². The van der Waals surface area contributed by atoms with Gasteiger partial charge in [0.05, 0.1) is 25.4 Å². The molecule has 0 spiro atoms. The van der Waals surface area contributed by atoms with Gasteiger partial charge in [-0.05, 0) is 70.6 Å². The average Bonchev–Trinajstić information content (AvgIpc) is 3.44. The van der Waals surface area contributed by atoms with Crippen LogP contribution in [0.4, 0.5) is 0 Å². The van der Waals surface area contributed by atoms with Crippen molar-refractivity contribution >= 4 is 11.9 Å². The van der Waals surface area contributed by atoms with E-state index in [0.717, 1.165) is 83.5 Å². The first-order chi connectivity index (χ1) is 38.2. The van der Waals surface area contributed by atoms with Gasteiger partial charge in [-0.25, -0.2) is 0 Å². The summed E-state index contributed by atoms with van der Waals surface area (Å²) in [7, 11) is 0. The Balaban J connectivity index is 2.58. The first-order valence-electron chi connectivity index (χ1n) is 32.6. The summed E-state index contributed by atoms with van der Waals surface area (Å²) in [5.74, 6) is -1.19. The highest BCUT2D eigenvalue weighted by Gasteiger charge is 2.47. The van der Waals surface area contributed by atoms with Crippen molar-refractivity contribution < 1.29 is 49.3 Å². The third-order valence-corrected chi connectivity index (χ3v) is 15.2. The van der Waals surface area contributed by atoms with Crippen LogP contribution in [0.3, 0.4) is 0 Å². The maximum absolute atomic E-state index is 13.4. The molecule has 0 bridgehead atoms. The second-order valence-electron chi connectivity index (χ2n) is 22.5. The number of allylic oxidation sites excluding steroid dienone is 9. The van der Waals surface area contributed by atoms with Gasteiger partial charge in [0.1, 0.15) is 24.4 Å². The van der Waals surface area contributed by atoms with E-state index in [9.17, 15) is 35.1 Å². The summed E-state index contributed by atoms with van der Waals surface area (Å²) in [6, 6.07) is -1.02. The fraction of sp³-hybridized carbons (Fsp3) is 0.821. The van der Waals surface area contributed by atoms with Gasteiger partial charge >= 0.3 is 5.97 Å². The molecule has 0 saturated carbocycles. The lowest BCUT2D eigenvalue weighted by atomic mass is 9.99. The summed E-state index contributed by atoms with van der Waals surface area (Å²) in [5.41, 5.74) is 0. The number of aliphatic hydroxyl groups excluding tert-OH is 5. The molecule has 78 heavy (non-hydrogen) atoms. The largest absolute Gasteiger partial charge is 0.454 e. The molecule has 0 aromatic heterocycles. The zero-order valence-electron chi connectivity index (χ0n) is 50.3. The van der Waals surface area contributed by atoms with Gasteiger partial charge in [0.2, 0.25) is 5.91 Å². The minimum absolute atomic E-state index is 0.125. The van der Waals surface area contributed by atoms with Crippen LogP contribution in [0.1, 0.15) is 290 Å². The van der Waals surface area contributed by atoms with Gasteiger partial charge in [0.15, 0.2) is 12.4 Å². The van der Waals surface area contributed by atoms with E-state index < -0.39 is 67.4 Å². The first kappa shape index (κ1) is 73.4. The predicted octanol–water partition coefficient (Wildman–Crippen LogP) is 15.8. The van der Waals surface area contributed by atoms with Crippen LogP contribution in [0.25, 0.3) is 0 Å². The van der Waals surface area contributed by atoms with Crippen molar-refractivity contribution in [3.05, 3.63) is 60.8 Å². The number of rotatable bonds is 55. The fourth-order valence-electron chi connectivity index (χ4n) is 9.99. The molecule has 0 aliphatic carbocycles. The third-order valence-electron chi connectivity index (χ3n) is 15.2. The number of hydrogen-bond acceptors (Lipinski definition) is 10. The van der Waals surface area contributed by atoms with Crippen LogP contribution in [-0.2, 0) is 23.8 Å². The third kappa shape index (κ3) is 42.2. The minimum atomic E-state index is -1.61. The number of unbranched alkanes of at least 4 members (excludes halogenated alkanes) is 33. The molecule has 1 saturated heterocycles. The van der Waals surface area contributed by atoms with Gasteiger partial charge in [0.25, 0.3) is 0 Å². The smallest absolute Gasteiger partial charge is 0.306 e. The van der Waals surface area contributed by atoms with Crippen LogP contribution >= 0.6 is 0 Å². The van der Waals surface area contributed by atoms with E-state index in [-0.39, 0.29) is 19.4 Å². The Kier molecular flexibility index (Phi) is 51.7. The van der Waals surface area contributed by atoms with Crippen molar-refractivity contribution in [2.45, 2.75) is 339 Å². The number of hydrogen-bond donors (Lipinski definition) is 6. The molecule has 6 N–H and O–H groups in total. The van der Waals surface area contributed by atoms with Crippen molar-refractivity contribution in [2.75, 3.05) is 13.2 Å². The van der Waals surface area contributed by atoms with E-state index in [2.05, 4.69) is 74.7 Å². The van der Waals surface area contributed by atoms with Crippen molar-refractivity contribution in [1.82, 2.24) is 5.32 Å². The molecule has 1 amide bonds. The number of carbonyl (C=O) groups is 2. The number of esters is 1. The minimum Gasteiger partial charge on any atom is -0.454 e. The lowest BCUT2D eigenvalue weighted by molar-refractivity contribution is -0.305. The summed E-state index contributed by atoms with van der Waals surface area (Å²) in [5, 5.41) is 57.0. The molecule has 0 radical (unpaired) electrons. The zero-order chi connectivity index (χ0) is 56.8. The highest BCUT2D eigenvalue weighted by atomic mass is 16.7. The quantitative estimate of drug-likeness (QED) is 0.0195. The van der Waals surface area contributed by atoms with Crippen LogP contribution in [0.2, 0.25) is 0 Å². The molecular weight excluding hydrogens is 979 g/mol. The predicted molar refractivity (Wildman–Crippen MR) is 324 cm³/mol. The molecule has 1 fully saturated rings. The Morgan fingerprint density at radius 1 is 0.500 bits per heavy atom. The summed E-state index contributed by atoms with van der Waals surface area (Å²) >= 11 is 0. The molecule has 11 heteroatoms. The maximum Gasteiger partial charge on any atom is 0.306 e. The first-order valence-corrected chi connectivity index (χ1v) is 32.6. The van der Waals surface area contributed by atoms with E-state index in [1.165, 1.54) is 161 Å². The van der Waals surface area contributed by atoms with E-state index in [0.29, 0.717) is 12.8 Å². The molecule has 0 aromatic rings. The topological polar surface area (TPSA) is 175 Å². The molecule has 1 heterocycles. The van der Waals surface area contributed by atoms with Crippen LogP contribution in [0, 0.1) is 0 Å². The van der Waals surface area contributed by atoms with Crippen molar-refractivity contribution in [1.29, 1.82) is 0 Å². The van der Waals surface area contributed by atoms with Crippen LogP contribution in [0.15, 0.2) is 60.8 Å². The number of carbonyl (C=O) groups excluding carboxylic acids is 2.